The molecule has 16 heteroatoms. The Kier molecular flexibility index (Phi) is 12.8. The molecule has 4 saturated carbocycles. The number of ether oxygens (including phenoxy) is 6. The average Bonchev–Trinajstić information content (AvgIpc) is 3.21. The van der Waals surface area contributed by atoms with Gasteiger partial charge in [0.2, 0.25) is 0 Å². The van der Waals surface area contributed by atoms with Crippen LogP contribution < -0.4 is 0 Å². The Bertz CT molecular complexity index is 1720. The minimum atomic E-state index is -1.79. The Hall–Kier alpha value is -1.35. The molecule has 0 amide bonds. The Morgan fingerprint density at radius 1 is 0.714 bits per heavy atom. The molecule has 3 saturated heterocycles. The molecule has 0 spiro atoms. The molecule has 0 aromatic rings. The van der Waals surface area contributed by atoms with Gasteiger partial charge in [-0.2, -0.15) is 0 Å². The smallest absolute Gasteiger partial charge is 0.310 e. The molecule has 16 nitrogen and oxygen atoms in total. The van der Waals surface area contributed by atoms with Crippen molar-refractivity contribution in [1.29, 1.82) is 0 Å². The summed E-state index contributed by atoms with van der Waals surface area (Å²) in [6.07, 6.45) is -10.7. The van der Waals surface area contributed by atoms with E-state index >= 15 is 0 Å². The molecule has 63 heavy (non-hydrogen) atoms. The molecule has 360 valence electrons. The molecule has 3 heterocycles. The molecule has 3 aliphatic heterocycles. The molecular formula is C47H76O16. The van der Waals surface area contributed by atoms with Crippen LogP contribution in [0.4, 0.5) is 0 Å². The number of hydrogen-bond donors (Lipinski definition) is 9. The molecule has 8 aliphatic rings. The van der Waals surface area contributed by atoms with E-state index in [0.29, 0.717) is 18.8 Å². The first-order valence-corrected chi connectivity index (χ1v) is 23.6. The zero-order valence-electron chi connectivity index (χ0n) is 38.3. The van der Waals surface area contributed by atoms with Crippen molar-refractivity contribution in [3.05, 3.63) is 11.6 Å². The van der Waals surface area contributed by atoms with Crippen LogP contribution in [0, 0.1) is 50.2 Å². The number of hydrogen-bond acceptors (Lipinski definition) is 15. The van der Waals surface area contributed by atoms with E-state index in [9.17, 15) is 50.8 Å². The zero-order valence-corrected chi connectivity index (χ0v) is 38.3. The molecule has 0 aromatic carbocycles. The number of allylic oxidation sites excluding steroid dienone is 2. The predicted octanol–water partition coefficient (Wildman–Crippen LogP) is 2.37. The number of rotatable bonds is 8. The summed E-state index contributed by atoms with van der Waals surface area (Å²) in [6, 6.07) is 0. The summed E-state index contributed by atoms with van der Waals surface area (Å²) < 4.78 is 36.7. The fourth-order valence-electron chi connectivity index (χ4n) is 14.8. The van der Waals surface area contributed by atoms with Gasteiger partial charge in [-0.05, 0) is 116 Å². The number of fused-ring (bicyclic) bond motifs is 7. The number of carboxylic acid groups (broad SMARTS) is 1. The van der Waals surface area contributed by atoms with Gasteiger partial charge in [0.15, 0.2) is 18.9 Å². The van der Waals surface area contributed by atoms with Crippen LogP contribution in [0.25, 0.3) is 0 Å². The molecule has 7 fully saturated rings. The monoisotopic (exact) mass is 897 g/mol. The Labute approximate surface area is 371 Å². The van der Waals surface area contributed by atoms with Gasteiger partial charge in [0.25, 0.3) is 0 Å². The number of carbonyl (C=O) groups is 1. The second kappa shape index (κ2) is 16.7. The van der Waals surface area contributed by atoms with Crippen molar-refractivity contribution in [3.8, 4) is 0 Å². The third kappa shape index (κ3) is 7.51. The lowest BCUT2D eigenvalue weighted by Gasteiger charge is -2.71. The minimum Gasteiger partial charge on any atom is -0.481 e. The van der Waals surface area contributed by atoms with Crippen molar-refractivity contribution < 1.29 is 79.2 Å². The summed E-state index contributed by atoms with van der Waals surface area (Å²) in [6.45, 7) is 16.9. The maximum absolute atomic E-state index is 13.1. The SMILES string of the molecule is C[C@H]1O[C@@H](O[C@@H]2[C@@H](O[C@@H]3[C@H](O[C@@H]4CC[C@@]5(C)[C@H](CC[C@]6(C)[C@@H]5CC=C5[C@@H]7CC(C)(C)CC[C@]7(C(=O)O)CC[C@@]56C)C4(C)C)OC[C@H](O)[C@@H]3O)O[C@@H](CO)[C@H](O)[C@H]2O)[C@H](O)[C@@H](O)[C@H]1O. The van der Waals surface area contributed by atoms with Crippen molar-refractivity contribution in [3.63, 3.8) is 0 Å². The fraction of sp³-hybridized carbons (Fsp3) is 0.936. The molecule has 0 aromatic heterocycles. The normalized spacial score (nSPS) is 54.1. The van der Waals surface area contributed by atoms with Crippen molar-refractivity contribution >= 4 is 5.97 Å². The summed E-state index contributed by atoms with van der Waals surface area (Å²) in [7, 11) is 0. The molecule has 0 unspecified atom stereocenters. The van der Waals surface area contributed by atoms with Gasteiger partial charge in [-0.15, -0.1) is 0 Å². The second-order valence-electron chi connectivity index (χ2n) is 23.0. The van der Waals surface area contributed by atoms with Crippen LogP contribution in [0.5, 0.6) is 0 Å². The average molecular weight is 897 g/mol. The van der Waals surface area contributed by atoms with E-state index in [-0.39, 0.29) is 46.2 Å². The van der Waals surface area contributed by atoms with Crippen LogP contribution in [-0.2, 0) is 33.2 Å². The number of carboxylic acids is 1. The van der Waals surface area contributed by atoms with E-state index in [1.165, 1.54) is 12.5 Å². The summed E-state index contributed by atoms with van der Waals surface area (Å²) in [5.41, 5.74) is 0.124. The van der Waals surface area contributed by atoms with Crippen LogP contribution in [0.1, 0.15) is 120 Å². The summed E-state index contributed by atoms with van der Waals surface area (Å²) in [4.78, 5) is 13.1. The fourth-order valence-corrected chi connectivity index (χ4v) is 14.8. The lowest BCUT2D eigenvalue weighted by atomic mass is 9.33. The van der Waals surface area contributed by atoms with E-state index in [1.54, 1.807) is 0 Å². The van der Waals surface area contributed by atoms with Crippen LogP contribution >= 0.6 is 0 Å². The van der Waals surface area contributed by atoms with E-state index in [2.05, 4.69) is 54.5 Å². The molecular weight excluding hydrogens is 821 g/mol. The van der Waals surface area contributed by atoms with Crippen molar-refractivity contribution in [2.24, 2.45) is 50.2 Å². The molecule has 0 radical (unpaired) electrons. The Morgan fingerprint density at radius 3 is 2.06 bits per heavy atom. The maximum atomic E-state index is 13.1. The van der Waals surface area contributed by atoms with Crippen LogP contribution in [0.3, 0.4) is 0 Å². The number of aliphatic hydroxyl groups is 8. The highest BCUT2D eigenvalue weighted by molar-refractivity contribution is 5.76. The largest absolute Gasteiger partial charge is 0.481 e. The number of aliphatic hydroxyl groups excluding tert-OH is 8. The highest BCUT2D eigenvalue weighted by Crippen LogP contribution is 2.76. The van der Waals surface area contributed by atoms with Crippen LogP contribution in [0.15, 0.2) is 11.6 Å². The van der Waals surface area contributed by atoms with Crippen molar-refractivity contribution in [2.45, 2.75) is 212 Å². The van der Waals surface area contributed by atoms with Gasteiger partial charge in [0.05, 0.1) is 30.8 Å². The van der Waals surface area contributed by atoms with Gasteiger partial charge in [-0.3, -0.25) is 4.79 Å². The maximum Gasteiger partial charge on any atom is 0.310 e. The predicted molar refractivity (Wildman–Crippen MR) is 223 cm³/mol. The van der Waals surface area contributed by atoms with E-state index in [4.69, 9.17) is 28.4 Å². The van der Waals surface area contributed by atoms with Gasteiger partial charge >= 0.3 is 5.97 Å². The van der Waals surface area contributed by atoms with Gasteiger partial charge in [-0.1, -0.05) is 60.1 Å². The van der Waals surface area contributed by atoms with Crippen LogP contribution in [-0.4, -0.2) is 157 Å². The highest BCUT2D eigenvalue weighted by atomic mass is 16.8. The zero-order chi connectivity index (χ0) is 46.0. The highest BCUT2D eigenvalue weighted by Gasteiger charge is 2.70. The standard InChI is InChI=1S/C47H76O16/c1-22-30(50)33(53)35(55)38(59-22)62-37-34(54)32(52)26(20-48)60-40(37)63-36-31(51)25(49)21-58-39(36)61-29-12-13-44(6)27(43(29,4)5)11-14-46(8)28(44)10-9-23-24-19-42(2,3)15-17-47(24,41(56)57)18-16-45(23,46)7/h9,22,24-40,48-55H,10-21H2,1-8H3,(H,56,57)/t22-,24+,25+,26+,27-,28-,29-,30+,31+,32+,33+,34-,35-,36+,37+,38+,39+,40-,44+,45+,46-,47+/m1/s1. The summed E-state index contributed by atoms with van der Waals surface area (Å²) in [5.74, 6) is -0.0241. The lowest BCUT2D eigenvalue weighted by molar-refractivity contribution is -0.392. The molecule has 9 N–H and O–H groups in total. The Balaban J connectivity index is 1.03. The lowest BCUT2D eigenvalue weighted by Crippen LogP contribution is -2.67. The van der Waals surface area contributed by atoms with Crippen molar-refractivity contribution in [2.75, 3.05) is 13.2 Å². The minimum absolute atomic E-state index is 0.0300. The quantitative estimate of drug-likeness (QED) is 0.125. The molecule has 22 atom stereocenters. The third-order valence-corrected chi connectivity index (χ3v) is 18.9. The summed E-state index contributed by atoms with van der Waals surface area (Å²) >= 11 is 0. The van der Waals surface area contributed by atoms with Gasteiger partial charge in [0, 0.05) is 0 Å². The summed E-state index contributed by atoms with van der Waals surface area (Å²) in [5, 5.41) is 96.7. The molecule has 8 rings (SSSR count). The first-order valence-electron chi connectivity index (χ1n) is 23.6. The van der Waals surface area contributed by atoms with Gasteiger partial charge in [-0.25, -0.2) is 0 Å². The van der Waals surface area contributed by atoms with E-state index < -0.39 is 109 Å². The topological polar surface area (TPSA) is 255 Å². The van der Waals surface area contributed by atoms with Gasteiger partial charge in [0.1, 0.15) is 61.0 Å². The van der Waals surface area contributed by atoms with Crippen LogP contribution in [0.2, 0.25) is 0 Å². The number of aliphatic carboxylic acids is 1. The third-order valence-electron chi connectivity index (χ3n) is 18.9. The van der Waals surface area contributed by atoms with Crippen molar-refractivity contribution in [1.82, 2.24) is 0 Å². The first kappa shape index (κ1) is 48.1. The molecule has 0 bridgehead atoms. The molecule has 5 aliphatic carbocycles. The first-order chi connectivity index (χ1) is 29.4. The van der Waals surface area contributed by atoms with Gasteiger partial charge < -0.3 is 74.4 Å². The Morgan fingerprint density at radius 2 is 1.38 bits per heavy atom. The van der Waals surface area contributed by atoms with E-state index in [0.717, 1.165) is 51.4 Å². The van der Waals surface area contributed by atoms with E-state index in [1.807, 2.05) is 0 Å². The second-order valence-corrected chi connectivity index (χ2v) is 23.0.